The highest BCUT2D eigenvalue weighted by atomic mass is 16.5. The zero-order chi connectivity index (χ0) is 15.2. The molecule has 1 aliphatic heterocycles. The molecule has 0 radical (unpaired) electrons. The Morgan fingerprint density at radius 3 is 2.67 bits per heavy atom. The largest absolute Gasteiger partial charge is 0.493 e. The Morgan fingerprint density at radius 2 is 2.10 bits per heavy atom. The Hall–Kier alpha value is -1.79. The summed E-state index contributed by atoms with van der Waals surface area (Å²) in [5, 5.41) is 12.8. The van der Waals surface area contributed by atoms with Crippen LogP contribution in [0.15, 0.2) is 18.2 Å². The van der Waals surface area contributed by atoms with Crippen LogP contribution in [0.25, 0.3) is 0 Å². The molecule has 0 aromatic heterocycles. The van der Waals surface area contributed by atoms with Crippen molar-refractivity contribution in [3.8, 4) is 11.5 Å². The van der Waals surface area contributed by atoms with Gasteiger partial charge in [-0.05, 0) is 24.6 Å². The van der Waals surface area contributed by atoms with E-state index in [4.69, 9.17) is 9.47 Å². The fraction of sp³-hybridized carbons (Fsp3) is 0.533. The normalized spacial score (nSPS) is 17.2. The number of carboxylic acid groups (broad SMARTS) is 1. The standard InChI is InChI=1S/C15H22N2O4/c1-3-21-12-5-4-11(10-13(12)20-2)14(15(18)19)17-8-6-16-7-9-17/h4-5,10,14,16H,3,6-9H2,1-2H3,(H,18,19). The summed E-state index contributed by atoms with van der Waals surface area (Å²) < 4.78 is 10.8. The number of rotatable bonds is 6. The molecule has 6 heteroatoms. The number of ether oxygens (including phenoxy) is 2. The van der Waals surface area contributed by atoms with Crippen LogP contribution in [0.2, 0.25) is 0 Å². The van der Waals surface area contributed by atoms with Crippen LogP contribution in [0.1, 0.15) is 18.5 Å². The Balaban J connectivity index is 2.29. The van der Waals surface area contributed by atoms with Crippen LogP contribution in [0.4, 0.5) is 0 Å². The maximum Gasteiger partial charge on any atom is 0.325 e. The first kappa shape index (κ1) is 15.6. The summed E-state index contributed by atoms with van der Waals surface area (Å²) in [7, 11) is 1.56. The van der Waals surface area contributed by atoms with Crippen LogP contribution in [0.3, 0.4) is 0 Å². The molecule has 1 saturated heterocycles. The lowest BCUT2D eigenvalue weighted by Gasteiger charge is -2.32. The van der Waals surface area contributed by atoms with Crippen molar-refractivity contribution in [1.82, 2.24) is 10.2 Å². The molecule has 1 aromatic carbocycles. The number of carboxylic acids is 1. The molecule has 0 spiro atoms. The van der Waals surface area contributed by atoms with E-state index in [0.717, 1.165) is 13.1 Å². The average Bonchev–Trinajstić information content (AvgIpc) is 2.50. The molecule has 0 bridgehead atoms. The van der Waals surface area contributed by atoms with Gasteiger partial charge in [-0.25, -0.2) is 0 Å². The van der Waals surface area contributed by atoms with E-state index in [2.05, 4.69) is 5.32 Å². The van der Waals surface area contributed by atoms with Crippen molar-refractivity contribution in [1.29, 1.82) is 0 Å². The molecule has 1 aromatic rings. The van der Waals surface area contributed by atoms with Gasteiger partial charge in [0.25, 0.3) is 0 Å². The molecular weight excluding hydrogens is 272 g/mol. The van der Waals surface area contributed by atoms with E-state index >= 15 is 0 Å². The Morgan fingerprint density at radius 1 is 1.38 bits per heavy atom. The van der Waals surface area contributed by atoms with Crippen LogP contribution in [-0.2, 0) is 4.79 Å². The third kappa shape index (κ3) is 3.65. The van der Waals surface area contributed by atoms with Crippen LogP contribution in [0, 0.1) is 0 Å². The molecule has 1 atom stereocenters. The van der Waals surface area contributed by atoms with E-state index in [1.807, 2.05) is 11.8 Å². The predicted molar refractivity (Wildman–Crippen MR) is 79.0 cm³/mol. The van der Waals surface area contributed by atoms with Gasteiger partial charge in [0, 0.05) is 26.2 Å². The van der Waals surface area contributed by atoms with E-state index in [0.29, 0.717) is 36.8 Å². The van der Waals surface area contributed by atoms with Crippen molar-refractivity contribution in [2.75, 3.05) is 39.9 Å². The zero-order valence-corrected chi connectivity index (χ0v) is 12.5. The molecule has 0 aliphatic carbocycles. The smallest absolute Gasteiger partial charge is 0.325 e. The summed E-state index contributed by atoms with van der Waals surface area (Å²) >= 11 is 0. The molecule has 6 nitrogen and oxygen atoms in total. The third-order valence-electron chi connectivity index (χ3n) is 3.55. The van der Waals surface area contributed by atoms with Crippen molar-refractivity contribution < 1.29 is 19.4 Å². The van der Waals surface area contributed by atoms with Crippen LogP contribution in [-0.4, -0.2) is 55.9 Å². The van der Waals surface area contributed by atoms with E-state index in [9.17, 15) is 9.90 Å². The van der Waals surface area contributed by atoms with Crippen LogP contribution < -0.4 is 14.8 Å². The minimum atomic E-state index is -0.844. The van der Waals surface area contributed by atoms with Gasteiger partial charge in [-0.1, -0.05) is 6.07 Å². The van der Waals surface area contributed by atoms with E-state index in [-0.39, 0.29) is 0 Å². The fourth-order valence-corrected chi connectivity index (χ4v) is 2.58. The molecule has 0 amide bonds. The highest BCUT2D eigenvalue weighted by Gasteiger charge is 2.29. The first-order chi connectivity index (χ1) is 10.2. The van der Waals surface area contributed by atoms with Gasteiger partial charge in [-0.3, -0.25) is 9.69 Å². The van der Waals surface area contributed by atoms with Gasteiger partial charge in [0.2, 0.25) is 0 Å². The number of piperazine rings is 1. The van der Waals surface area contributed by atoms with Crippen LogP contribution >= 0.6 is 0 Å². The molecule has 2 N–H and O–H groups in total. The van der Waals surface area contributed by atoms with Gasteiger partial charge in [0.05, 0.1) is 13.7 Å². The lowest BCUT2D eigenvalue weighted by atomic mass is 10.0. The summed E-state index contributed by atoms with van der Waals surface area (Å²) in [4.78, 5) is 13.6. The van der Waals surface area contributed by atoms with Crippen molar-refractivity contribution in [2.24, 2.45) is 0 Å². The molecular formula is C15H22N2O4. The number of methoxy groups -OCH3 is 1. The highest BCUT2D eigenvalue weighted by Crippen LogP contribution is 2.32. The van der Waals surface area contributed by atoms with E-state index in [1.54, 1.807) is 25.3 Å². The third-order valence-corrected chi connectivity index (χ3v) is 3.55. The Kier molecular flexibility index (Phi) is 5.41. The van der Waals surface area contributed by atoms with Gasteiger partial charge in [0.1, 0.15) is 6.04 Å². The Labute approximate surface area is 124 Å². The maximum absolute atomic E-state index is 11.7. The van der Waals surface area contributed by atoms with Gasteiger partial charge in [-0.2, -0.15) is 0 Å². The van der Waals surface area contributed by atoms with E-state index < -0.39 is 12.0 Å². The van der Waals surface area contributed by atoms with E-state index in [1.165, 1.54) is 0 Å². The summed E-state index contributed by atoms with van der Waals surface area (Å²) in [6.07, 6.45) is 0. The fourth-order valence-electron chi connectivity index (χ4n) is 2.58. The van der Waals surface area contributed by atoms with Crippen molar-refractivity contribution in [3.63, 3.8) is 0 Å². The summed E-state index contributed by atoms with van der Waals surface area (Å²) in [5.41, 5.74) is 0.713. The second-order valence-corrected chi connectivity index (χ2v) is 4.87. The lowest BCUT2D eigenvalue weighted by Crippen LogP contribution is -2.47. The first-order valence-corrected chi connectivity index (χ1v) is 7.15. The summed E-state index contributed by atoms with van der Waals surface area (Å²) in [5.74, 6) is 0.354. The van der Waals surface area contributed by atoms with Crippen molar-refractivity contribution >= 4 is 5.97 Å². The number of nitrogens with zero attached hydrogens (tertiary/aromatic N) is 1. The molecule has 1 heterocycles. The molecule has 116 valence electrons. The van der Waals surface area contributed by atoms with Crippen LogP contribution in [0.5, 0.6) is 11.5 Å². The number of benzene rings is 1. The predicted octanol–water partition coefficient (Wildman–Crippen LogP) is 1.12. The SMILES string of the molecule is CCOc1ccc(C(C(=O)O)N2CCNCC2)cc1OC. The maximum atomic E-state index is 11.7. The van der Waals surface area contributed by atoms with Gasteiger partial charge in [-0.15, -0.1) is 0 Å². The topological polar surface area (TPSA) is 71.0 Å². The van der Waals surface area contributed by atoms with Gasteiger partial charge >= 0.3 is 5.97 Å². The molecule has 2 rings (SSSR count). The first-order valence-electron chi connectivity index (χ1n) is 7.15. The number of aliphatic carboxylic acids is 1. The highest BCUT2D eigenvalue weighted by molar-refractivity contribution is 5.76. The second-order valence-electron chi connectivity index (χ2n) is 4.87. The van der Waals surface area contributed by atoms with Gasteiger partial charge in [0.15, 0.2) is 11.5 Å². The number of hydrogen-bond donors (Lipinski definition) is 2. The van der Waals surface area contributed by atoms with Gasteiger partial charge < -0.3 is 19.9 Å². The quantitative estimate of drug-likeness (QED) is 0.819. The minimum absolute atomic E-state index is 0.538. The summed E-state index contributed by atoms with van der Waals surface area (Å²) in [6.45, 7) is 5.47. The Bertz CT molecular complexity index is 487. The van der Waals surface area contributed by atoms with Crippen molar-refractivity contribution in [3.05, 3.63) is 23.8 Å². The molecule has 1 unspecified atom stereocenters. The number of nitrogens with one attached hydrogen (secondary N) is 1. The number of hydrogen-bond acceptors (Lipinski definition) is 5. The molecule has 1 aliphatic rings. The molecule has 0 saturated carbocycles. The lowest BCUT2D eigenvalue weighted by molar-refractivity contribution is -0.143. The average molecular weight is 294 g/mol. The zero-order valence-electron chi connectivity index (χ0n) is 12.5. The second kappa shape index (κ2) is 7.28. The molecule has 21 heavy (non-hydrogen) atoms. The number of carbonyl (C=O) groups is 1. The van der Waals surface area contributed by atoms with Crippen molar-refractivity contribution in [2.45, 2.75) is 13.0 Å². The monoisotopic (exact) mass is 294 g/mol. The molecule has 1 fully saturated rings. The minimum Gasteiger partial charge on any atom is -0.493 e. The summed E-state index contributed by atoms with van der Waals surface area (Å²) in [6, 6.07) is 4.67.